The zero-order valence-electron chi connectivity index (χ0n) is 7.74. The van der Waals surface area contributed by atoms with Crippen molar-refractivity contribution in [3.8, 4) is 0 Å². The standard InChI is InChI=1S/C8H8ClN5/c1-3-5-6(14-8(9)11-3)7(10)13-4(2)12-5/h1-2H3,(H2,10,12,13). The van der Waals surface area contributed by atoms with E-state index < -0.39 is 0 Å². The van der Waals surface area contributed by atoms with Crippen LogP contribution in [0, 0.1) is 13.8 Å². The van der Waals surface area contributed by atoms with Gasteiger partial charge in [-0.2, -0.15) is 0 Å². The number of nitrogen functional groups attached to an aromatic ring is 1. The molecule has 72 valence electrons. The summed E-state index contributed by atoms with van der Waals surface area (Å²) in [5.41, 5.74) is 7.56. The molecule has 2 rings (SSSR count). The number of aromatic nitrogens is 4. The molecular weight excluding hydrogens is 202 g/mol. The Labute approximate surface area is 85.4 Å². The highest BCUT2D eigenvalue weighted by molar-refractivity contribution is 6.28. The molecule has 0 atom stereocenters. The summed E-state index contributed by atoms with van der Waals surface area (Å²) in [4.78, 5) is 16.2. The van der Waals surface area contributed by atoms with Gasteiger partial charge in [-0.3, -0.25) is 0 Å². The molecule has 6 heteroatoms. The molecule has 0 bridgehead atoms. The maximum absolute atomic E-state index is 5.70. The van der Waals surface area contributed by atoms with E-state index in [-0.39, 0.29) is 5.28 Å². The van der Waals surface area contributed by atoms with Crippen molar-refractivity contribution in [3.05, 3.63) is 16.8 Å². The second-order valence-corrected chi connectivity index (χ2v) is 3.27. The number of hydrogen-bond donors (Lipinski definition) is 1. The van der Waals surface area contributed by atoms with Gasteiger partial charge in [0.25, 0.3) is 0 Å². The lowest BCUT2D eigenvalue weighted by Crippen LogP contribution is -2.02. The first kappa shape index (κ1) is 9.08. The van der Waals surface area contributed by atoms with E-state index in [0.717, 1.165) is 0 Å². The van der Waals surface area contributed by atoms with E-state index in [2.05, 4.69) is 19.9 Å². The van der Waals surface area contributed by atoms with E-state index in [4.69, 9.17) is 17.3 Å². The summed E-state index contributed by atoms with van der Waals surface area (Å²) in [6, 6.07) is 0. The Hall–Kier alpha value is -1.49. The van der Waals surface area contributed by atoms with Crippen LogP contribution in [0.2, 0.25) is 5.28 Å². The third-order valence-electron chi connectivity index (χ3n) is 1.83. The van der Waals surface area contributed by atoms with E-state index in [1.165, 1.54) is 0 Å². The molecule has 2 heterocycles. The van der Waals surface area contributed by atoms with Crippen LogP contribution in [0.25, 0.3) is 11.0 Å². The molecule has 5 nitrogen and oxygen atoms in total. The van der Waals surface area contributed by atoms with Crippen LogP contribution in [0.1, 0.15) is 11.5 Å². The van der Waals surface area contributed by atoms with Crippen molar-refractivity contribution in [2.75, 3.05) is 5.73 Å². The van der Waals surface area contributed by atoms with E-state index in [9.17, 15) is 0 Å². The van der Waals surface area contributed by atoms with Gasteiger partial charge < -0.3 is 5.73 Å². The van der Waals surface area contributed by atoms with Crippen LogP contribution < -0.4 is 5.73 Å². The molecule has 0 radical (unpaired) electrons. The predicted molar refractivity (Wildman–Crippen MR) is 54.0 cm³/mol. The first-order valence-corrected chi connectivity index (χ1v) is 4.39. The number of aryl methyl sites for hydroxylation is 2. The zero-order chi connectivity index (χ0) is 10.3. The first-order valence-electron chi connectivity index (χ1n) is 4.02. The Bertz CT molecular complexity index is 463. The fourth-order valence-electron chi connectivity index (χ4n) is 1.26. The van der Waals surface area contributed by atoms with Gasteiger partial charge in [0.2, 0.25) is 5.28 Å². The van der Waals surface area contributed by atoms with Crippen LogP contribution >= 0.6 is 11.6 Å². The van der Waals surface area contributed by atoms with E-state index >= 15 is 0 Å². The normalized spacial score (nSPS) is 10.8. The Morgan fingerprint density at radius 3 is 2.43 bits per heavy atom. The van der Waals surface area contributed by atoms with E-state index in [1.54, 1.807) is 6.92 Å². The minimum Gasteiger partial charge on any atom is -0.382 e. The number of anilines is 1. The summed E-state index contributed by atoms with van der Waals surface area (Å²) in [7, 11) is 0. The topological polar surface area (TPSA) is 77.6 Å². The van der Waals surface area contributed by atoms with E-state index in [0.29, 0.717) is 28.4 Å². The van der Waals surface area contributed by atoms with Crippen LogP contribution in [0.5, 0.6) is 0 Å². The van der Waals surface area contributed by atoms with Crippen molar-refractivity contribution in [2.45, 2.75) is 13.8 Å². The summed E-state index contributed by atoms with van der Waals surface area (Å²) in [5.74, 6) is 0.934. The van der Waals surface area contributed by atoms with Crippen molar-refractivity contribution >= 4 is 28.5 Å². The van der Waals surface area contributed by atoms with Crippen LogP contribution in [0.3, 0.4) is 0 Å². The SMILES string of the molecule is Cc1nc(N)c2nc(Cl)nc(C)c2n1. The molecule has 2 aromatic heterocycles. The van der Waals surface area contributed by atoms with Gasteiger partial charge in [0, 0.05) is 0 Å². The summed E-state index contributed by atoms with van der Waals surface area (Å²) in [6.45, 7) is 3.58. The Morgan fingerprint density at radius 1 is 1.00 bits per heavy atom. The molecule has 2 N–H and O–H groups in total. The van der Waals surface area contributed by atoms with Crippen LogP contribution in [-0.2, 0) is 0 Å². The van der Waals surface area contributed by atoms with Crippen molar-refractivity contribution in [1.82, 2.24) is 19.9 Å². The molecule has 0 fully saturated rings. The second-order valence-electron chi connectivity index (χ2n) is 2.93. The molecule has 0 aromatic carbocycles. The highest BCUT2D eigenvalue weighted by atomic mass is 35.5. The lowest BCUT2D eigenvalue weighted by Gasteiger charge is -2.03. The molecule has 0 unspecified atom stereocenters. The highest BCUT2D eigenvalue weighted by Gasteiger charge is 2.08. The van der Waals surface area contributed by atoms with Crippen LogP contribution in [0.15, 0.2) is 0 Å². The lowest BCUT2D eigenvalue weighted by molar-refractivity contribution is 1.05. The fourth-order valence-corrected chi connectivity index (χ4v) is 1.47. The van der Waals surface area contributed by atoms with Crippen LogP contribution in [0.4, 0.5) is 5.82 Å². The van der Waals surface area contributed by atoms with Gasteiger partial charge in [0.05, 0.1) is 5.69 Å². The fraction of sp³-hybridized carbons (Fsp3) is 0.250. The van der Waals surface area contributed by atoms with Crippen molar-refractivity contribution in [3.63, 3.8) is 0 Å². The van der Waals surface area contributed by atoms with Gasteiger partial charge in [-0.05, 0) is 25.4 Å². The quantitative estimate of drug-likeness (QED) is 0.662. The van der Waals surface area contributed by atoms with Gasteiger partial charge in [-0.25, -0.2) is 19.9 Å². The molecular formula is C8H8ClN5. The average Bonchev–Trinajstić information content (AvgIpc) is 2.07. The molecule has 0 spiro atoms. The highest BCUT2D eigenvalue weighted by Crippen LogP contribution is 2.19. The van der Waals surface area contributed by atoms with E-state index in [1.807, 2.05) is 6.92 Å². The zero-order valence-corrected chi connectivity index (χ0v) is 8.50. The number of halogens is 1. The number of nitrogens with zero attached hydrogens (tertiary/aromatic N) is 4. The largest absolute Gasteiger partial charge is 0.382 e. The second kappa shape index (κ2) is 3.02. The molecule has 0 aliphatic rings. The average molecular weight is 210 g/mol. The molecule has 0 saturated heterocycles. The van der Waals surface area contributed by atoms with Gasteiger partial charge in [-0.15, -0.1) is 0 Å². The van der Waals surface area contributed by atoms with Crippen molar-refractivity contribution in [1.29, 1.82) is 0 Å². The van der Waals surface area contributed by atoms with Gasteiger partial charge in [0.15, 0.2) is 5.82 Å². The van der Waals surface area contributed by atoms with Crippen LogP contribution in [-0.4, -0.2) is 19.9 Å². The number of hydrogen-bond acceptors (Lipinski definition) is 5. The monoisotopic (exact) mass is 209 g/mol. The van der Waals surface area contributed by atoms with Crippen molar-refractivity contribution < 1.29 is 0 Å². The molecule has 2 aromatic rings. The third kappa shape index (κ3) is 1.35. The van der Waals surface area contributed by atoms with Crippen molar-refractivity contribution in [2.24, 2.45) is 0 Å². The first-order chi connectivity index (χ1) is 6.58. The Kier molecular flexibility index (Phi) is 1.96. The summed E-state index contributed by atoms with van der Waals surface area (Å²) in [6.07, 6.45) is 0. The number of fused-ring (bicyclic) bond motifs is 1. The summed E-state index contributed by atoms with van der Waals surface area (Å²) >= 11 is 5.70. The molecule has 0 saturated carbocycles. The molecule has 14 heavy (non-hydrogen) atoms. The predicted octanol–water partition coefficient (Wildman–Crippen LogP) is 1.27. The molecule has 0 aliphatic carbocycles. The van der Waals surface area contributed by atoms with Gasteiger partial charge in [0.1, 0.15) is 16.9 Å². The summed E-state index contributed by atoms with van der Waals surface area (Å²) < 4.78 is 0. The lowest BCUT2D eigenvalue weighted by atomic mass is 10.3. The third-order valence-corrected chi connectivity index (χ3v) is 2.00. The maximum atomic E-state index is 5.70. The molecule has 0 amide bonds. The Balaban J connectivity index is 2.94. The minimum atomic E-state index is 0.161. The summed E-state index contributed by atoms with van der Waals surface area (Å²) in [5, 5.41) is 0.161. The van der Waals surface area contributed by atoms with Gasteiger partial charge >= 0.3 is 0 Å². The number of nitrogens with two attached hydrogens (primary N) is 1. The Morgan fingerprint density at radius 2 is 1.71 bits per heavy atom. The minimum absolute atomic E-state index is 0.161. The van der Waals surface area contributed by atoms with Gasteiger partial charge in [-0.1, -0.05) is 0 Å². The number of rotatable bonds is 0. The molecule has 0 aliphatic heterocycles. The maximum Gasteiger partial charge on any atom is 0.223 e. The smallest absolute Gasteiger partial charge is 0.223 e.